The maximum Gasteiger partial charge on any atom is 0.243 e. The van der Waals surface area contributed by atoms with Crippen LogP contribution in [0.5, 0.6) is 0 Å². The molecular weight excluding hydrogens is 412 g/mol. The van der Waals surface area contributed by atoms with Crippen molar-refractivity contribution in [3.05, 3.63) is 12.2 Å². The molecule has 3 aliphatic rings. The van der Waals surface area contributed by atoms with Crippen molar-refractivity contribution in [3.8, 4) is 0 Å². The van der Waals surface area contributed by atoms with E-state index in [1.165, 1.54) is 0 Å². The number of nitrogens with one attached hydrogen (secondary N) is 2. The molecule has 0 spiro atoms. The first-order valence-corrected chi connectivity index (χ1v) is 11.9. The third-order valence-corrected chi connectivity index (χ3v) is 6.94. The molecule has 0 bridgehead atoms. The van der Waals surface area contributed by atoms with Gasteiger partial charge in [-0.15, -0.1) is 0 Å². The second kappa shape index (κ2) is 11.8. The van der Waals surface area contributed by atoms with Gasteiger partial charge < -0.3 is 25.4 Å². The van der Waals surface area contributed by atoms with Gasteiger partial charge >= 0.3 is 0 Å². The van der Waals surface area contributed by atoms with Crippen molar-refractivity contribution in [1.29, 1.82) is 0 Å². The van der Waals surface area contributed by atoms with Gasteiger partial charge in [0.1, 0.15) is 6.04 Å². The first-order valence-electron chi connectivity index (χ1n) is 11.9. The molecule has 2 saturated heterocycles. The highest BCUT2D eigenvalue weighted by Gasteiger charge is 2.56. The Morgan fingerprint density at radius 1 is 1.19 bits per heavy atom. The Hall–Kier alpha value is -1.97. The van der Waals surface area contributed by atoms with Crippen LogP contribution in [-0.2, 0) is 19.1 Å². The van der Waals surface area contributed by atoms with Gasteiger partial charge in [0.05, 0.1) is 25.0 Å². The predicted octanol–water partition coefficient (Wildman–Crippen LogP) is -0.391. The average molecular weight is 451 g/mol. The molecule has 0 radical (unpaired) electrons. The Kier molecular flexibility index (Phi) is 9.07. The number of ether oxygens (including phenoxy) is 1. The van der Waals surface area contributed by atoms with E-state index in [1.54, 1.807) is 11.9 Å². The van der Waals surface area contributed by atoms with Gasteiger partial charge in [0, 0.05) is 52.3 Å². The number of aliphatic hydroxyl groups is 1. The second-order valence-corrected chi connectivity index (χ2v) is 8.88. The Balaban J connectivity index is 1.77. The molecule has 0 saturated carbocycles. The fourth-order valence-electron chi connectivity index (χ4n) is 5.38. The lowest BCUT2D eigenvalue weighted by atomic mass is 9.68. The van der Waals surface area contributed by atoms with Gasteiger partial charge in [-0.1, -0.05) is 25.5 Å². The van der Waals surface area contributed by atoms with Gasteiger partial charge in [-0.3, -0.25) is 19.3 Å². The largest absolute Gasteiger partial charge is 0.396 e. The maximum absolute atomic E-state index is 13.5. The molecule has 9 heteroatoms. The number of carbonyl (C=O) groups is 3. The molecule has 0 aromatic heterocycles. The summed E-state index contributed by atoms with van der Waals surface area (Å²) in [6.07, 6.45) is 6.14. The van der Waals surface area contributed by atoms with Gasteiger partial charge in [0.25, 0.3) is 0 Å². The summed E-state index contributed by atoms with van der Waals surface area (Å²) in [6, 6.07) is -0.658. The molecule has 0 aromatic carbocycles. The van der Waals surface area contributed by atoms with E-state index in [0.29, 0.717) is 32.7 Å². The van der Waals surface area contributed by atoms with E-state index in [1.807, 2.05) is 12.2 Å². The smallest absolute Gasteiger partial charge is 0.243 e. The zero-order valence-electron chi connectivity index (χ0n) is 19.3. The molecule has 32 heavy (non-hydrogen) atoms. The van der Waals surface area contributed by atoms with Crippen LogP contribution in [0.4, 0.5) is 0 Å². The topological polar surface area (TPSA) is 111 Å². The number of amides is 3. The van der Waals surface area contributed by atoms with Crippen LogP contribution in [0, 0.1) is 23.7 Å². The SMILES string of the molecule is CCC[C@@H]1C=C[C@H]2[C@H](C(=O)N(CCCO)[C@@H]2C(=O)NCCN2CCOCC2)[C@@H]1C(=O)NC. The van der Waals surface area contributed by atoms with Crippen molar-refractivity contribution in [2.75, 3.05) is 59.6 Å². The van der Waals surface area contributed by atoms with Gasteiger partial charge in [-0.05, 0) is 18.8 Å². The lowest BCUT2D eigenvalue weighted by Gasteiger charge is -2.34. The van der Waals surface area contributed by atoms with Crippen LogP contribution in [0.3, 0.4) is 0 Å². The number of carbonyl (C=O) groups excluding carboxylic acids is 3. The Morgan fingerprint density at radius 2 is 1.94 bits per heavy atom. The quantitative estimate of drug-likeness (QED) is 0.391. The first-order chi connectivity index (χ1) is 15.5. The second-order valence-electron chi connectivity index (χ2n) is 8.88. The van der Waals surface area contributed by atoms with Crippen LogP contribution in [0.15, 0.2) is 12.2 Å². The molecule has 2 fully saturated rings. The number of morpholine rings is 1. The molecule has 1 aliphatic carbocycles. The fourth-order valence-corrected chi connectivity index (χ4v) is 5.38. The van der Waals surface area contributed by atoms with E-state index in [0.717, 1.165) is 32.5 Å². The van der Waals surface area contributed by atoms with E-state index >= 15 is 0 Å². The summed E-state index contributed by atoms with van der Waals surface area (Å²) in [5.74, 6) is -1.89. The number of rotatable bonds is 10. The molecular formula is C23H38N4O5. The molecule has 0 unspecified atom stereocenters. The van der Waals surface area contributed by atoms with E-state index in [2.05, 4.69) is 22.5 Å². The highest BCUT2D eigenvalue weighted by Crippen LogP contribution is 2.45. The van der Waals surface area contributed by atoms with Gasteiger partial charge in [0.2, 0.25) is 17.7 Å². The number of hydrogen-bond donors (Lipinski definition) is 3. The summed E-state index contributed by atoms with van der Waals surface area (Å²) in [5, 5.41) is 15.1. The third kappa shape index (κ3) is 5.32. The number of nitrogens with zero attached hydrogens (tertiary/aromatic N) is 2. The molecule has 3 amide bonds. The number of allylic oxidation sites excluding steroid dienone is 1. The number of fused-ring (bicyclic) bond motifs is 1. The summed E-state index contributed by atoms with van der Waals surface area (Å²) >= 11 is 0. The molecule has 2 aliphatic heterocycles. The fraction of sp³-hybridized carbons (Fsp3) is 0.783. The van der Waals surface area contributed by atoms with Crippen molar-refractivity contribution in [3.63, 3.8) is 0 Å². The number of hydrogen-bond acceptors (Lipinski definition) is 6. The predicted molar refractivity (Wildman–Crippen MR) is 120 cm³/mol. The lowest BCUT2D eigenvalue weighted by Crippen LogP contribution is -2.49. The molecule has 9 nitrogen and oxygen atoms in total. The minimum Gasteiger partial charge on any atom is -0.396 e. The maximum atomic E-state index is 13.5. The molecule has 0 aromatic rings. The summed E-state index contributed by atoms with van der Waals surface area (Å²) < 4.78 is 5.36. The number of aliphatic hydroxyl groups excluding tert-OH is 1. The van der Waals surface area contributed by atoms with Crippen molar-refractivity contribution in [2.24, 2.45) is 23.7 Å². The van der Waals surface area contributed by atoms with Crippen LogP contribution >= 0.6 is 0 Å². The lowest BCUT2D eigenvalue weighted by molar-refractivity contribution is -0.141. The normalized spacial score (nSPS) is 30.3. The van der Waals surface area contributed by atoms with Crippen molar-refractivity contribution in [1.82, 2.24) is 20.4 Å². The first kappa shape index (κ1) is 24.7. The molecule has 3 rings (SSSR count). The van der Waals surface area contributed by atoms with E-state index < -0.39 is 17.9 Å². The monoisotopic (exact) mass is 450 g/mol. The Morgan fingerprint density at radius 3 is 2.59 bits per heavy atom. The van der Waals surface area contributed by atoms with Crippen LogP contribution in [-0.4, -0.2) is 98.3 Å². The van der Waals surface area contributed by atoms with Crippen molar-refractivity contribution >= 4 is 17.7 Å². The van der Waals surface area contributed by atoms with Gasteiger partial charge in [-0.2, -0.15) is 0 Å². The van der Waals surface area contributed by atoms with Crippen LogP contribution in [0.2, 0.25) is 0 Å². The molecule has 3 N–H and O–H groups in total. The van der Waals surface area contributed by atoms with Crippen molar-refractivity contribution < 1.29 is 24.2 Å². The molecule has 2 heterocycles. The Labute approximate surface area is 190 Å². The number of likely N-dealkylation sites (tertiary alicyclic amines) is 1. The molecule has 5 atom stereocenters. The van der Waals surface area contributed by atoms with Gasteiger partial charge in [-0.25, -0.2) is 0 Å². The Bertz CT molecular complexity index is 694. The third-order valence-electron chi connectivity index (χ3n) is 6.94. The van der Waals surface area contributed by atoms with Crippen LogP contribution in [0.1, 0.15) is 26.2 Å². The highest BCUT2D eigenvalue weighted by atomic mass is 16.5. The minimum atomic E-state index is -0.658. The van der Waals surface area contributed by atoms with E-state index in [9.17, 15) is 19.5 Å². The summed E-state index contributed by atoms with van der Waals surface area (Å²) in [4.78, 5) is 43.4. The van der Waals surface area contributed by atoms with Gasteiger partial charge in [0.15, 0.2) is 0 Å². The average Bonchev–Trinajstić information content (AvgIpc) is 3.09. The zero-order chi connectivity index (χ0) is 23.1. The summed E-state index contributed by atoms with van der Waals surface area (Å²) in [5.41, 5.74) is 0. The highest BCUT2D eigenvalue weighted by molar-refractivity contribution is 5.96. The van der Waals surface area contributed by atoms with Crippen LogP contribution in [0.25, 0.3) is 0 Å². The van der Waals surface area contributed by atoms with Crippen LogP contribution < -0.4 is 10.6 Å². The standard InChI is InChI=1S/C23H38N4O5/c1-3-5-16-6-7-17-19(18(16)21(29)24-2)23(31)27(9-4-13-28)20(17)22(30)25-8-10-26-11-14-32-15-12-26/h6-7,16-20,28H,3-5,8-15H2,1-2H3,(H,24,29)(H,25,30)/t16-,17+,18-,19+,20+/m1/s1. The van der Waals surface area contributed by atoms with Crippen molar-refractivity contribution in [2.45, 2.75) is 32.2 Å². The zero-order valence-corrected chi connectivity index (χ0v) is 19.3. The van der Waals surface area contributed by atoms with E-state index in [4.69, 9.17) is 4.74 Å². The van der Waals surface area contributed by atoms with E-state index in [-0.39, 0.29) is 36.2 Å². The summed E-state index contributed by atoms with van der Waals surface area (Å²) in [7, 11) is 1.59. The summed E-state index contributed by atoms with van der Waals surface area (Å²) in [6.45, 7) is 6.64. The minimum absolute atomic E-state index is 0.0204. The molecule has 180 valence electrons.